The molecule has 0 N–H and O–H groups in total. The first-order valence-corrected chi connectivity index (χ1v) is 12.6. The van der Waals surface area contributed by atoms with E-state index in [0.29, 0.717) is 26.1 Å². The molecule has 1 saturated heterocycles. The van der Waals surface area contributed by atoms with Gasteiger partial charge in [0.25, 0.3) is 5.92 Å². The number of ether oxygens (including phenoxy) is 3. The summed E-state index contributed by atoms with van der Waals surface area (Å²) in [6.07, 6.45) is 7.37. The maximum atomic E-state index is 15.0. The van der Waals surface area contributed by atoms with Gasteiger partial charge in [-0.15, -0.1) is 0 Å². The van der Waals surface area contributed by atoms with Crippen LogP contribution in [-0.2, 0) is 4.74 Å². The Hall–Kier alpha value is -1.50. The zero-order valence-electron chi connectivity index (χ0n) is 19.9. The van der Waals surface area contributed by atoms with Gasteiger partial charge in [0.05, 0.1) is 25.9 Å². The summed E-state index contributed by atoms with van der Waals surface area (Å²) < 4.78 is 75.2. The third-order valence-corrected chi connectivity index (χ3v) is 7.08. The summed E-state index contributed by atoms with van der Waals surface area (Å²) in [5.41, 5.74) is 0. The van der Waals surface area contributed by atoms with Crippen molar-refractivity contribution in [1.82, 2.24) is 0 Å². The maximum absolute atomic E-state index is 15.0. The predicted molar refractivity (Wildman–Crippen MR) is 120 cm³/mol. The summed E-state index contributed by atoms with van der Waals surface area (Å²) in [6.45, 7) is 4.76. The molecule has 0 aromatic heterocycles. The molecule has 188 valence electrons. The zero-order chi connectivity index (χ0) is 23.8. The van der Waals surface area contributed by atoms with Gasteiger partial charge in [-0.3, -0.25) is 0 Å². The van der Waals surface area contributed by atoms with Crippen molar-refractivity contribution in [3.8, 4) is 11.5 Å². The number of alkyl halides is 2. The molecule has 0 radical (unpaired) electrons. The Morgan fingerprint density at radius 2 is 1.64 bits per heavy atom. The summed E-state index contributed by atoms with van der Waals surface area (Å²) in [4.78, 5) is 0. The van der Waals surface area contributed by atoms with Crippen molar-refractivity contribution in [2.24, 2.45) is 17.8 Å². The van der Waals surface area contributed by atoms with E-state index in [9.17, 15) is 8.78 Å². The second-order valence-corrected chi connectivity index (χ2v) is 9.65. The van der Waals surface area contributed by atoms with Gasteiger partial charge in [0.2, 0.25) is 11.6 Å². The number of halogens is 4. The van der Waals surface area contributed by atoms with Gasteiger partial charge < -0.3 is 14.2 Å². The molecule has 2 aliphatic rings. The lowest BCUT2D eigenvalue weighted by atomic mass is 9.71. The molecule has 3 nitrogen and oxygen atoms in total. The Kier molecular flexibility index (Phi) is 9.71. The third kappa shape index (κ3) is 7.00. The monoisotopic (exact) mass is 474 g/mol. The van der Waals surface area contributed by atoms with Crippen LogP contribution in [0.3, 0.4) is 0 Å². The Balaban J connectivity index is 1.49. The number of hydrogen-bond donors (Lipinski definition) is 0. The van der Waals surface area contributed by atoms with Gasteiger partial charge in [-0.05, 0) is 62.5 Å². The van der Waals surface area contributed by atoms with E-state index in [1.165, 1.54) is 12.1 Å². The topological polar surface area (TPSA) is 27.7 Å². The zero-order valence-corrected chi connectivity index (χ0v) is 19.9. The Labute approximate surface area is 195 Å². The number of hydrogen-bond acceptors (Lipinski definition) is 3. The molecule has 1 aromatic carbocycles. The first-order valence-electron chi connectivity index (χ1n) is 12.6. The van der Waals surface area contributed by atoms with Crippen LogP contribution < -0.4 is 9.47 Å². The first-order chi connectivity index (χ1) is 15.9. The quantitative estimate of drug-likeness (QED) is 0.245. The SMILES string of the molecule is CCCCOc1ccc(OCC2CCC(C3CCC(CCCC)OC3)C(F)(F)C2)c(F)c1F. The summed E-state index contributed by atoms with van der Waals surface area (Å²) in [5.74, 6) is -6.68. The van der Waals surface area contributed by atoms with Gasteiger partial charge in [0, 0.05) is 12.3 Å². The average Bonchev–Trinajstić information content (AvgIpc) is 2.80. The van der Waals surface area contributed by atoms with Crippen LogP contribution in [0.15, 0.2) is 12.1 Å². The van der Waals surface area contributed by atoms with Crippen LogP contribution in [0.25, 0.3) is 0 Å². The van der Waals surface area contributed by atoms with Crippen LogP contribution in [0.2, 0.25) is 0 Å². The van der Waals surface area contributed by atoms with Crippen LogP contribution in [0.4, 0.5) is 17.6 Å². The fraction of sp³-hybridized carbons (Fsp3) is 0.769. The molecule has 1 aromatic rings. The maximum Gasteiger partial charge on any atom is 0.251 e. The van der Waals surface area contributed by atoms with E-state index in [-0.39, 0.29) is 36.5 Å². The average molecular weight is 475 g/mol. The molecular formula is C26H38F4O3. The van der Waals surface area contributed by atoms with Gasteiger partial charge in [0.15, 0.2) is 11.5 Å². The van der Waals surface area contributed by atoms with E-state index in [1.807, 2.05) is 6.92 Å². The van der Waals surface area contributed by atoms with Crippen molar-refractivity contribution in [2.75, 3.05) is 19.8 Å². The molecule has 33 heavy (non-hydrogen) atoms. The van der Waals surface area contributed by atoms with Gasteiger partial charge in [-0.25, -0.2) is 8.78 Å². The Morgan fingerprint density at radius 1 is 0.939 bits per heavy atom. The first kappa shape index (κ1) is 26.1. The Morgan fingerprint density at radius 3 is 2.24 bits per heavy atom. The number of benzene rings is 1. The van der Waals surface area contributed by atoms with E-state index in [1.54, 1.807) is 0 Å². The van der Waals surface area contributed by atoms with Crippen molar-refractivity contribution in [1.29, 1.82) is 0 Å². The van der Waals surface area contributed by atoms with E-state index in [0.717, 1.165) is 44.9 Å². The third-order valence-electron chi connectivity index (χ3n) is 7.08. The summed E-state index contributed by atoms with van der Waals surface area (Å²) in [5, 5.41) is 0. The minimum atomic E-state index is -2.81. The molecular weight excluding hydrogens is 436 g/mol. The van der Waals surface area contributed by atoms with E-state index < -0.39 is 29.4 Å². The van der Waals surface area contributed by atoms with Crippen LogP contribution in [0, 0.1) is 29.4 Å². The summed E-state index contributed by atoms with van der Waals surface area (Å²) in [6, 6.07) is 2.63. The molecule has 0 bridgehead atoms. The second-order valence-electron chi connectivity index (χ2n) is 9.65. The molecule has 1 aliphatic heterocycles. The smallest absolute Gasteiger partial charge is 0.251 e. The normalized spacial score (nSPS) is 27.3. The van der Waals surface area contributed by atoms with Gasteiger partial charge in [-0.1, -0.05) is 33.1 Å². The fourth-order valence-electron chi connectivity index (χ4n) is 5.06. The van der Waals surface area contributed by atoms with Crippen LogP contribution in [-0.4, -0.2) is 31.8 Å². The van der Waals surface area contributed by atoms with Gasteiger partial charge >= 0.3 is 0 Å². The Bertz CT molecular complexity index is 734. The highest BCUT2D eigenvalue weighted by molar-refractivity contribution is 5.35. The second kappa shape index (κ2) is 12.3. The van der Waals surface area contributed by atoms with Crippen LogP contribution >= 0.6 is 0 Å². The van der Waals surface area contributed by atoms with Crippen LogP contribution in [0.5, 0.6) is 11.5 Å². The lowest BCUT2D eigenvalue weighted by Crippen LogP contribution is -2.44. The van der Waals surface area contributed by atoms with Crippen LogP contribution in [0.1, 0.15) is 78.1 Å². The highest BCUT2D eigenvalue weighted by atomic mass is 19.3. The van der Waals surface area contributed by atoms with Gasteiger partial charge in [0.1, 0.15) is 0 Å². The van der Waals surface area contributed by atoms with Crippen molar-refractivity contribution in [3.05, 3.63) is 23.8 Å². The van der Waals surface area contributed by atoms with Crippen molar-refractivity contribution >= 4 is 0 Å². The lowest BCUT2D eigenvalue weighted by molar-refractivity contribution is -0.151. The summed E-state index contributed by atoms with van der Waals surface area (Å²) in [7, 11) is 0. The number of unbranched alkanes of at least 4 members (excludes halogenated alkanes) is 2. The minimum Gasteiger partial charge on any atom is -0.490 e. The fourth-order valence-corrected chi connectivity index (χ4v) is 5.06. The van der Waals surface area contributed by atoms with Crippen molar-refractivity contribution in [2.45, 2.75) is 90.1 Å². The van der Waals surface area contributed by atoms with Gasteiger partial charge in [-0.2, -0.15) is 8.78 Å². The minimum absolute atomic E-state index is 0.0605. The largest absolute Gasteiger partial charge is 0.490 e. The predicted octanol–water partition coefficient (Wildman–Crippen LogP) is 7.56. The molecule has 4 unspecified atom stereocenters. The van der Waals surface area contributed by atoms with E-state index >= 15 is 8.78 Å². The lowest BCUT2D eigenvalue weighted by Gasteiger charge is -2.42. The summed E-state index contributed by atoms with van der Waals surface area (Å²) >= 11 is 0. The molecule has 0 amide bonds. The standard InChI is InChI=1S/C26H38F4O3/c1-3-5-7-20-10-9-19(17-32-20)21-11-8-18(15-26(21,29)30)16-33-23-13-12-22(24(27)25(23)28)31-14-6-4-2/h12-13,18-21H,3-11,14-17H2,1-2H3. The van der Waals surface area contributed by atoms with Crippen molar-refractivity contribution < 1.29 is 31.8 Å². The van der Waals surface area contributed by atoms with Crippen molar-refractivity contribution in [3.63, 3.8) is 0 Å². The highest BCUT2D eigenvalue weighted by Gasteiger charge is 2.49. The molecule has 4 atom stereocenters. The molecule has 0 spiro atoms. The molecule has 1 heterocycles. The molecule has 1 saturated carbocycles. The molecule has 1 aliphatic carbocycles. The highest BCUT2D eigenvalue weighted by Crippen LogP contribution is 2.47. The molecule has 3 rings (SSSR count). The molecule has 2 fully saturated rings. The van der Waals surface area contributed by atoms with E-state index in [4.69, 9.17) is 14.2 Å². The number of rotatable bonds is 11. The molecule has 7 heteroatoms. The van der Waals surface area contributed by atoms with E-state index in [2.05, 4.69) is 6.92 Å².